The van der Waals surface area contributed by atoms with Gasteiger partial charge in [0.25, 0.3) is 0 Å². The van der Waals surface area contributed by atoms with Gasteiger partial charge in [-0.15, -0.1) is 0 Å². The Labute approximate surface area is 77.6 Å². The molecule has 0 aromatic carbocycles. The van der Waals surface area contributed by atoms with Gasteiger partial charge in [0.05, 0.1) is 6.61 Å². The molecule has 1 N–H and O–H groups in total. The molecule has 4 nitrogen and oxygen atoms in total. The average Bonchev–Trinajstić information content (AvgIpc) is 2.03. The third-order valence-electron chi connectivity index (χ3n) is 2.02. The molecule has 1 saturated heterocycles. The Bertz CT molecular complexity index is 215. The second-order valence-corrected chi connectivity index (χ2v) is 3.32. The Balaban J connectivity index is 2.49. The number of carbonyl (C=O) groups excluding carboxylic acids is 2. The van der Waals surface area contributed by atoms with E-state index in [9.17, 15) is 9.59 Å². The summed E-state index contributed by atoms with van der Waals surface area (Å²) in [5, 5.41) is 3.04. The number of nitrogens with one attached hydrogen (secondary N) is 1. The first-order valence-electron chi connectivity index (χ1n) is 4.58. The van der Waals surface area contributed by atoms with Crippen molar-refractivity contribution in [3.63, 3.8) is 0 Å². The highest BCUT2D eigenvalue weighted by Crippen LogP contribution is 2.10. The van der Waals surface area contributed by atoms with Gasteiger partial charge in [0, 0.05) is 18.9 Å². The Morgan fingerprint density at radius 3 is 2.85 bits per heavy atom. The number of rotatable bonds is 2. The summed E-state index contributed by atoms with van der Waals surface area (Å²) in [6, 6.07) is -0.355. The van der Waals surface area contributed by atoms with Crippen LogP contribution in [0.25, 0.3) is 0 Å². The zero-order valence-corrected chi connectivity index (χ0v) is 8.00. The standard InChI is InChI=1S/C9H15NO3/c1-3-13-9(12)8-5-7(11)4-6(2)10-8/h6,8,10H,3-5H2,1-2H3. The normalized spacial score (nSPS) is 28.6. The van der Waals surface area contributed by atoms with Crippen LogP contribution >= 0.6 is 0 Å². The van der Waals surface area contributed by atoms with Crippen molar-refractivity contribution in [2.45, 2.75) is 38.8 Å². The molecule has 1 rings (SSSR count). The molecule has 1 aliphatic rings. The lowest BCUT2D eigenvalue weighted by atomic mass is 9.98. The zero-order chi connectivity index (χ0) is 9.84. The number of esters is 1. The first-order valence-corrected chi connectivity index (χ1v) is 4.58. The highest BCUT2D eigenvalue weighted by molar-refractivity contribution is 5.88. The maximum Gasteiger partial charge on any atom is 0.323 e. The average molecular weight is 185 g/mol. The van der Waals surface area contributed by atoms with Gasteiger partial charge < -0.3 is 10.1 Å². The third-order valence-corrected chi connectivity index (χ3v) is 2.02. The molecule has 1 heterocycles. The molecule has 0 amide bonds. The van der Waals surface area contributed by atoms with E-state index < -0.39 is 6.04 Å². The van der Waals surface area contributed by atoms with Gasteiger partial charge >= 0.3 is 5.97 Å². The predicted molar refractivity (Wildman–Crippen MR) is 47.3 cm³/mol. The van der Waals surface area contributed by atoms with E-state index in [-0.39, 0.29) is 24.2 Å². The molecule has 0 aromatic rings. The first kappa shape index (κ1) is 10.2. The van der Waals surface area contributed by atoms with Crippen LogP contribution in [0.15, 0.2) is 0 Å². The summed E-state index contributed by atoms with van der Waals surface area (Å²) < 4.78 is 4.82. The summed E-state index contributed by atoms with van der Waals surface area (Å²) in [6.07, 6.45) is 0.777. The fourth-order valence-electron chi connectivity index (χ4n) is 1.51. The third kappa shape index (κ3) is 2.81. The van der Waals surface area contributed by atoms with E-state index in [1.54, 1.807) is 6.92 Å². The molecule has 0 bridgehead atoms. The van der Waals surface area contributed by atoms with E-state index in [4.69, 9.17) is 4.74 Å². The summed E-state index contributed by atoms with van der Waals surface area (Å²) in [5.41, 5.74) is 0. The van der Waals surface area contributed by atoms with Crippen LogP contribution in [0, 0.1) is 0 Å². The van der Waals surface area contributed by atoms with Crippen LogP contribution in [0.1, 0.15) is 26.7 Å². The van der Waals surface area contributed by atoms with E-state index in [0.29, 0.717) is 13.0 Å². The second kappa shape index (κ2) is 4.37. The van der Waals surface area contributed by atoms with E-state index in [2.05, 4.69) is 5.32 Å². The quantitative estimate of drug-likeness (QED) is 0.627. The maximum absolute atomic E-state index is 11.3. The fraction of sp³-hybridized carbons (Fsp3) is 0.778. The smallest absolute Gasteiger partial charge is 0.323 e. The molecular weight excluding hydrogens is 170 g/mol. The van der Waals surface area contributed by atoms with Crippen molar-refractivity contribution in [2.24, 2.45) is 0 Å². The number of piperidine rings is 1. The summed E-state index contributed by atoms with van der Waals surface area (Å²) in [4.78, 5) is 22.4. The van der Waals surface area contributed by atoms with Crippen molar-refractivity contribution in [3.05, 3.63) is 0 Å². The SMILES string of the molecule is CCOC(=O)C1CC(=O)CC(C)N1. The van der Waals surface area contributed by atoms with Crippen molar-refractivity contribution in [2.75, 3.05) is 6.61 Å². The molecule has 0 aliphatic carbocycles. The van der Waals surface area contributed by atoms with Crippen LogP contribution < -0.4 is 5.32 Å². The number of carbonyl (C=O) groups is 2. The topological polar surface area (TPSA) is 55.4 Å². The Morgan fingerprint density at radius 1 is 1.62 bits per heavy atom. The maximum atomic E-state index is 11.3. The highest BCUT2D eigenvalue weighted by atomic mass is 16.5. The summed E-state index contributed by atoms with van der Waals surface area (Å²) in [6.45, 7) is 4.01. The number of hydrogen-bond acceptors (Lipinski definition) is 4. The monoisotopic (exact) mass is 185 g/mol. The van der Waals surface area contributed by atoms with Crippen LogP contribution in [0.4, 0.5) is 0 Å². The molecule has 1 aliphatic heterocycles. The van der Waals surface area contributed by atoms with Crippen LogP contribution in [0.5, 0.6) is 0 Å². The lowest BCUT2D eigenvalue weighted by molar-refractivity contribution is -0.148. The minimum Gasteiger partial charge on any atom is -0.465 e. The van der Waals surface area contributed by atoms with Crippen molar-refractivity contribution < 1.29 is 14.3 Å². The molecule has 0 aromatic heterocycles. The minimum atomic E-state index is -0.434. The molecule has 0 radical (unpaired) electrons. The molecule has 2 unspecified atom stereocenters. The van der Waals surface area contributed by atoms with Crippen LogP contribution in [-0.4, -0.2) is 30.4 Å². The fourth-order valence-corrected chi connectivity index (χ4v) is 1.51. The van der Waals surface area contributed by atoms with E-state index in [1.807, 2.05) is 6.92 Å². The summed E-state index contributed by atoms with van der Waals surface area (Å²) >= 11 is 0. The number of ether oxygens (including phenoxy) is 1. The van der Waals surface area contributed by atoms with E-state index in [1.165, 1.54) is 0 Å². The number of Topliss-reactive ketones (excluding diaryl/α,β-unsaturated/α-hetero) is 1. The van der Waals surface area contributed by atoms with Gasteiger partial charge in [-0.05, 0) is 13.8 Å². The zero-order valence-electron chi connectivity index (χ0n) is 8.00. The molecular formula is C9H15NO3. The van der Waals surface area contributed by atoms with Crippen LogP contribution in [0.3, 0.4) is 0 Å². The van der Waals surface area contributed by atoms with Gasteiger partial charge in [-0.3, -0.25) is 9.59 Å². The Morgan fingerprint density at radius 2 is 2.31 bits per heavy atom. The lowest BCUT2D eigenvalue weighted by Crippen LogP contribution is -2.49. The summed E-state index contributed by atoms with van der Waals surface area (Å²) in [5.74, 6) is -0.188. The molecule has 2 atom stereocenters. The second-order valence-electron chi connectivity index (χ2n) is 3.32. The van der Waals surface area contributed by atoms with E-state index >= 15 is 0 Å². The first-order chi connectivity index (χ1) is 6.13. The van der Waals surface area contributed by atoms with Gasteiger partial charge in [0.1, 0.15) is 11.8 Å². The molecule has 4 heteroatoms. The largest absolute Gasteiger partial charge is 0.465 e. The van der Waals surface area contributed by atoms with Crippen LogP contribution in [-0.2, 0) is 14.3 Å². The highest BCUT2D eigenvalue weighted by Gasteiger charge is 2.29. The molecule has 74 valence electrons. The lowest BCUT2D eigenvalue weighted by Gasteiger charge is -2.25. The number of ketones is 1. The van der Waals surface area contributed by atoms with Gasteiger partial charge in [0.2, 0.25) is 0 Å². The summed E-state index contributed by atoms with van der Waals surface area (Å²) in [7, 11) is 0. The van der Waals surface area contributed by atoms with Gasteiger partial charge in [-0.2, -0.15) is 0 Å². The van der Waals surface area contributed by atoms with Gasteiger partial charge in [0.15, 0.2) is 0 Å². The molecule has 1 fully saturated rings. The van der Waals surface area contributed by atoms with Gasteiger partial charge in [-0.1, -0.05) is 0 Å². The Hall–Kier alpha value is -0.900. The van der Waals surface area contributed by atoms with E-state index in [0.717, 1.165) is 0 Å². The van der Waals surface area contributed by atoms with Crippen molar-refractivity contribution in [1.29, 1.82) is 0 Å². The Kier molecular flexibility index (Phi) is 3.42. The number of hydrogen-bond donors (Lipinski definition) is 1. The van der Waals surface area contributed by atoms with Crippen molar-refractivity contribution in [3.8, 4) is 0 Å². The molecule has 0 spiro atoms. The minimum absolute atomic E-state index is 0.0793. The predicted octanol–water partition coefficient (Wildman–Crippen LogP) is 0.259. The molecule has 0 saturated carbocycles. The molecule has 13 heavy (non-hydrogen) atoms. The van der Waals surface area contributed by atoms with Crippen LogP contribution in [0.2, 0.25) is 0 Å². The van der Waals surface area contributed by atoms with Crippen molar-refractivity contribution in [1.82, 2.24) is 5.32 Å². The van der Waals surface area contributed by atoms with Gasteiger partial charge in [-0.25, -0.2) is 0 Å². The van der Waals surface area contributed by atoms with Crippen molar-refractivity contribution >= 4 is 11.8 Å².